The van der Waals surface area contributed by atoms with E-state index in [1.807, 2.05) is 11.8 Å². The van der Waals surface area contributed by atoms with Crippen LogP contribution in [0.25, 0.3) is 21.9 Å². The van der Waals surface area contributed by atoms with Crippen molar-refractivity contribution in [1.29, 1.82) is 0 Å². The van der Waals surface area contributed by atoms with Crippen molar-refractivity contribution in [2.45, 2.75) is 48.5 Å². The normalized spacial score (nSPS) is 12.5. The molecule has 2 radical (unpaired) electrons. The summed E-state index contributed by atoms with van der Waals surface area (Å²) in [6.45, 7) is 17.0. The molecule has 0 aromatic heterocycles. The van der Waals surface area contributed by atoms with E-state index in [2.05, 4.69) is 108 Å². The molecule has 4 heteroatoms. The molecule has 0 N–H and O–H groups in total. The molecule has 1 atom stereocenters. The Kier molecular flexibility index (Phi) is 23.4. The van der Waals surface area contributed by atoms with E-state index in [4.69, 9.17) is 12.8 Å². The zero-order valence-corrected chi connectivity index (χ0v) is 26.8. The summed E-state index contributed by atoms with van der Waals surface area (Å²) < 4.78 is 0. The first-order valence-electron chi connectivity index (χ1n) is 10.7. The van der Waals surface area contributed by atoms with Crippen molar-refractivity contribution in [3.05, 3.63) is 102 Å². The number of fused-ring (bicyclic) bond motifs is 1. The van der Waals surface area contributed by atoms with Crippen LogP contribution < -0.4 is 0 Å². The van der Waals surface area contributed by atoms with Crippen molar-refractivity contribution < 1.29 is 23.3 Å². The van der Waals surface area contributed by atoms with E-state index in [0.29, 0.717) is 5.92 Å². The molecule has 184 valence electrons. The third-order valence-corrected chi connectivity index (χ3v) is 5.22. The molecule has 0 saturated heterocycles. The second kappa shape index (κ2) is 21.6. The predicted molar refractivity (Wildman–Crippen MR) is 156 cm³/mol. The Morgan fingerprint density at radius 2 is 1.40 bits per heavy atom. The van der Waals surface area contributed by atoms with Gasteiger partial charge in [-0.3, -0.25) is 6.08 Å². The summed E-state index contributed by atoms with van der Waals surface area (Å²) in [5, 5.41) is 2.69. The van der Waals surface area contributed by atoms with Crippen LogP contribution in [0.2, 0.25) is 0 Å². The van der Waals surface area contributed by atoms with Crippen LogP contribution in [0.4, 0.5) is 0 Å². The summed E-state index contributed by atoms with van der Waals surface area (Å²) in [5.41, 5.74) is 8.19. The fraction of sp³-hybridized carbons (Fsp3) is 0.258. The molecule has 0 heterocycles. The van der Waals surface area contributed by atoms with Gasteiger partial charge >= 0.3 is 30.2 Å². The molecule has 3 aromatic rings. The molecule has 4 rings (SSSR count). The van der Waals surface area contributed by atoms with Gasteiger partial charge < -0.3 is 24.7 Å². The van der Waals surface area contributed by atoms with E-state index in [1.54, 1.807) is 13.8 Å². The molecule has 35 heavy (non-hydrogen) atoms. The van der Waals surface area contributed by atoms with E-state index >= 15 is 0 Å². The molecule has 1 unspecified atom stereocenters. The molecule has 0 amide bonds. The van der Waals surface area contributed by atoms with Crippen LogP contribution in [0.15, 0.2) is 77.4 Å². The van der Waals surface area contributed by atoms with Gasteiger partial charge in [-0.2, -0.15) is 17.2 Å². The Bertz CT molecular complexity index is 1130. The minimum absolute atomic E-state index is 0. The molecule has 0 fully saturated rings. The van der Waals surface area contributed by atoms with Crippen LogP contribution in [0.1, 0.15) is 47.1 Å². The molecule has 1 aliphatic rings. The van der Waals surface area contributed by atoms with E-state index in [-0.39, 0.29) is 24.8 Å². The van der Waals surface area contributed by atoms with Crippen molar-refractivity contribution in [2.75, 3.05) is 0 Å². The average Bonchev–Trinajstić information content (AvgIpc) is 3.30. The number of aryl methyl sites for hydroxylation is 1. The standard InChI is InChI=1S/C16H13.C9H13.2C3H3.2ClH.Si.Zr/c1-12-10-14-8-5-9-15(16(14)11-12)13-6-3-2-4-7-13;1-6-5-7(2)9(4)8(6)3;2*1-3-2;;;;/h2-11H,1H3;6H,1-4H3;2*1H3;2*1H;;/q4*-1;;;;. The number of hydrogen-bond donors (Lipinski definition) is 0. The molecule has 0 aliphatic heterocycles. The summed E-state index contributed by atoms with van der Waals surface area (Å²) in [6, 6.07) is 21.6. The summed E-state index contributed by atoms with van der Waals surface area (Å²) in [4.78, 5) is 0. The molecule has 1 aliphatic carbocycles. The van der Waals surface area contributed by atoms with Crippen LogP contribution in [0, 0.1) is 43.6 Å². The third kappa shape index (κ3) is 12.7. The summed E-state index contributed by atoms with van der Waals surface area (Å²) >= 11 is 1.36. The molecule has 3 aromatic carbocycles. The van der Waals surface area contributed by atoms with Crippen LogP contribution >= 0.6 is 24.8 Å². The van der Waals surface area contributed by atoms with Gasteiger partial charge in [0, 0.05) is 0 Å². The first-order valence-corrected chi connectivity index (χ1v) is 14.9. The van der Waals surface area contributed by atoms with Crippen molar-refractivity contribution in [2.24, 2.45) is 5.92 Å². The average molecular weight is 597 g/mol. The topological polar surface area (TPSA) is 0 Å². The second-order valence-electron chi connectivity index (χ2n) is 7.51. The Hall–Kier alpha value is -1.67. The monoisotopic (exact) mass is 594 g/mol. The van der Waals surface area contributed by atoms with Gasteiger partial charge in [0.15, 0.2) is 0 Å². The Labute approximate surface area is 243 Å². The second-order valence-corrected chi connectivity index (χ2v) is 7.51. The quantitative estimate of drug-likeness (QED) is 0.150. The first kappa shape index (κ1) is 37.9. The van der Waals surface area contributed by atoms with Crippen LogP contribution in [0.5, 0.6) is 0 Å². The van der Waals surface area contributed by atoms with E-state index in [9.17, 15) is 0 Å². The number of rotatable bonds is 1. The van der Waals surface area contributed by atoms with Gasteiger partial charge in [-0.1, -0.05) is 75.6 Å². The van der Waals surface area contributed by atoms with Gasteiger partial charge in [-0.05, 0) is 19.4 Å². The van der Waals surface area contributed by atoms with Crippen molar-refractivity contribution in [3.8, 4) is 23.0 Å². The Balaban J connectivity index is -0.000000464. The number of allylic oxidation sites excluding steroid dienone is 4. The fourth-order valence-electron chi connectivity index (χ4n) is 3.42. The maximum absolute atomic E-state index is 5.96. The number of benzene rings is 2. The van der Waals surface area contributed by atoms with Crippen LogP contribution in [-0.4, -0.2) is 6.88 Å². The zero-order valence-electron chi connectivity index (χ0n) is 21.7. The molecule has 0 spiro atoms. The molecular weight excluding hydrogens is 563 g/mol. The van der Waals surface area contributed by atoms with Crippen LogP contribution in [-0.2, 0) is 23.3 Å². The van der Waals surface area contributed by atoms with Gasteiger partial charge in [0.1, 0.15) is 0 Å². The minimum atomic E-state index is 0. The maximum atomic E-state index is 5.96. The van der Waals surface area contributed by atoms with E-state index in [1.165, 1.54) is 67.5 Å². The molecule has 0 bridgehead atoms. The zero-order chi connectivity index (χ0) is 25.4. The van der Waals surface area contributed by atoms with Gasteiger partial charge in [-0.15, -0.1) is 66.3 Å². The molecular formula is C31H34Cl2SiZr-4. The summed E-state index contributed by atoms with van der Waals surface area (Å²) in [5.74, 6) is 4.56. The fourth-order valence-corrected chi connectivity index (χ4v) is 3.42. The Morgan fingerprint density at radius 1 is 0.886 bits per heavy atom. The van der Waals surface area contributed by atoms with Crippen LogP contribution in [0.3, 0.4) is 0 Å². The first-order chi connectivity index (χ1) is 15.8. The van der Waals surface area contributed by atoms with Crippen molar-refractivity contribution in [1.82, 2.24) is 0 Å². The summed E-state index contributed by atoms with van der Waals surface area (Å²) in [7, 11) is 0. The molecule has 0 saturated carbocycles. The van der Waals surface area contributed by atoms with Crippen molar-refractivity contribution >= 4 is 42.5 Å². The van der Waals surface area contributed by atoms with Crippen molar-refractivity contribution in [3.63, 3.8) is 0 Å². The predicted octanol–water partition coefficient (Wildman–Crippen LogP) is 8.91. The van der Waals surface area contributed by atoms with E-state index < -0.39 is 0 Å². The van der Waals surface area contributed by atoms with Gasteiger partial charge in [-0.25, -0.2) is 5.57 Å². The third-order valence-electron chi connectivity index (χ3n) is 5.22. The SMILES string of the molecule is CC1=[C-]C(C)C(C)=C1C.Cc1cc2c(-c3ccccc3)cccc2[cH-]1.Cl.Cl.[C-]#CC.[C-]#CC.[Si]=[Zr]. The number of hydrogen-bond acceptors (Lipinski definition) is 0. The van der Waals surface area contributed by atoms with Gasteiger partial charge in [0.2, 0.25) is 0 Å². The number of halogens is 2. The molecule has 0 nitrogen and oxygen atoms in total. The summed E-state index contributed by atoms with van der Waals surface area (Å²) in [6.07, 6.45) is 15.3. The van der Waals surface area contributed by atoms with Gasteiger partial charge in [0.25, 0.3) is 0 Å². The van der Waals surface area contributed by atoms with E-state index in [0.717, 1.165) is 0 Å². The Morgan fingerprint density at radius 3 is 1.80 bits per heavy atom. The van der Waals surface area contributed by atoms with Gasteiger partial charge in [0.05, 0.1) is 0 Å².